The summed E-state index contributed by atoms with van der Waals surface area (Å²) in [6, 6.07) is 6.72. The fraction of sp³-hybridized carbons (Fsp3) is 0.529. The molecule has 0 bridgehead atoms. The van der Waals surface area contributed by atoms with Gasteiger partial charge in [-0.3, -0.25) is 9.59 Å². The zero-order valence-corrected chi connectivity index (χ0v) is 13.3. The van der Waals surface area contributed by atoms with E-state index in [-0.39, 0.29) is 23.8 Å². The van der Waals surface area contributed by atoms with Crippen molar-refractivity contribution >= 4 is 11.8 Å². The van der Waals surface area contributed by atoms with Crippen LogP contribution in [0.5, 0.6) is 0 Å². The molecule has 1 fully saturated rings. The van der Waals surface area contributed by atoms with E-state index in [1.807, 2.05) is 13.8 Å². The number of nitrogens with one attached hydrogen (secondary N) is 1. The normalized spacial score (nSPS) is 15.2. The topological polar surface area (TPSA) is 69.6 Å². The van der Waals surface area contributed by atoms with Crippen LogP contribution in [0.25, 0.3) is 0 Å². The number of amides is 2. The summed E-state index contributed by atoms with van der Waals surface area (Å²) in [4.78, 5) is 26.0. The molecule has 0 heterocycles. The highest BCUT2D eigenvalue weighted by Gasteiger charge is 2.42. The number of carbonyl (C=O) groups excluding carboxylic acids is 2. The van der Waals surface area contributed by atoms with E-state index in [0.29, 0.717) is 30.8 Å². The van der Waals surface area contributed by atoms with Crippen LogP contribution in [0.4, 0.5) is 0 Å². The van der Waals surface area contributed by atoms with Crippen LogP contribution in [0.15, 0.2) is 24.3 Å². The number of rotatable bonds is 7. The van der Waals surface area contributed by atoms with E-state index in [1.165, 1.54) is 0 Å². The Balaban J connectivity index is 1.96. The van der Waals surface area contributed by atoms with E-state index in [2.05, 4.69) is 5.32 Å². The van der Waals surface area contributed by atoms with Crippen LogP contribution >= 0.6 is 0 Å². The third-order valence-corrected chi connectivity index (χ3v) is 4.36. The van der Waals surface area contributed by atoms with E-state index in [0.717, 1.165) is 12.8 Å². The summed E-state index contributed by atoms with van der Waals surface area (Å²) < 4.78 is 0. The van der Waals surface area contributed by atoms with Crippen LogP contribution in [0.1, 0.15) is 47.4 Å². The molecule has 0 unspecified atom stereocenters. The molecule has 22 heavy (non-hydrogen) atoms. The number of carbonyl (C=O) groups is 2. The first-order valence-electron chi connectivity index (χ1n) is 7.83. The zero-order valence-electron chi connectivity index (χ0n) is 13.3. The fourth-order valence-electron chi connectivity index (χ4n) is 2.39. The molecule has 0 radical (unpaired) electrons. The van der Waals surface area contributed by atoms with Crippen LogP contribution in [0, 0.1) is 5.41 Å². The van der Waals surface area contributed by atoms with E-state index in [1.54, 1.807) is 29.2 Å². The maximum absolute atomic E-state index is 12.2. The van der Waals surface area contributed by atoms with Crippen LogP contribution in [-0.2, 0) is 0 Å². The second kappa shape index (κ2) is 6.92. The summed E-state index contributed by atoms with van der Waals surface area (Å²) in [6.45, 7) is 5.84. The molecule has 2 N–H and O–H groups in total. The monoisotopic (exact) mass is 304 g/mol. The molecule has 0 spiro atoms. The molecule has 1 aliphatic rings. The van der Waals surface area contributed by atoms with Gasteiger partial charge in [0.1, 0.15) is 0 Å². The minimum atomic E-state index is -0.165. The van der Waals surface area contributed by atoms with E-state index in [4.69, 9.17) is 0 Å². The van der Waals surface area contributed by atoms with Gasteiger partial charge in [-0.1, -0.05) is 0 Å². The Hall–Kier alpha value is -1.88. The number of hydrogen-bond donors (Lipinski definition) is 2. The SMILES string of the molecule is CCN(CC)C(=O)c1ccc(C(=O)NCC2(CO)CC2)cc1. The molecule has 0 saturated heterocycles. The Morgan fingerprint density at radius 2 is 1.68 bits per heavy atom. The summed E-state index contributed by atoms with van der Waals surface area (Å²) in [5, 5.41) is 12.1. The van der Waals surface area contributed by atoms with Crippen LogP contribution in [0.2, 0.25) is 0 Å². The summed E-state index contributed by atoms with van der Waals surface area (Å²) in [6.07, 6.45) is 1.92. The molecule has 1 saturated carbocycles. The van der Waals surface area contributed by atoms with Gasteiger partial charge in [0.05, 0.1) is 6.61 Å². The van der Waals surface area contributed by atoms with Gasteiger partial charge in [0.25, 0.3) is 11.8 Å². The van der Waals surface area contributed by atoms with Crippen molar-refractivity contribution in [3.63, 3.8) is 0 Å². The van der Waals surface area contributed by atoms with E-state index >= 15 is 0 Å². The van der Waals surface area contributed by atoms with Crippen molar-refractivity contribution in [2.24, 2.45) is 5.41 Å². The van der Waals surface area contributed by atoms with Crippen molar-refractivity contribution < 1.29 is 14.7 Å². The highest BCUT2D eigenvalue weighted by molar-refractivity contribution is 5.97. The number of aliphatic hydroxyl groups is 1. The van der Waals surface area contributed by atoms with Crippen molar-refractivity contribution in [1.82, 2.24) is 10.2 Å². The van der Waals surface area contributed by atoms with Gasteiger partial charge in [-0.15, -0.1) is 0 Å². The van der Waals surface area contributed by atoms with Gasteiger partial charge in [-0.2, -0.15) is 0 Å². The molecule has 0 atom stereocenters. The summed E-state index contributed by atoms with van der Waals surface area (Å²) >= 11 is 0. The molecule has 1 aliphatic carbocycles. The second-order valence-electron chi connectivity index (χ2n) is 5.90. The lowest BCUT2D eigenvalue weighted by Crippen LogP contribution is -2.32. The molecule has 5 nitrogen and oxygen atoms in total. The van der Waals surface area contributed by atoms with Crippen LogP contribution in [-0.4, -0.2) is 48.1 Å². The average Bonchev–Trinajstić information content (AvgIpc) is 3.34. The molecular weight excluding hydrogens is 280 g/mol. The first kappa shape index (κ1) is 16.5. The number of nitrogens with zero attached hydrogens (tertiary/aromatic N) is 1. The van der Waals surface area contributed by atoms with Gasteiger partial charge in [0.15, 0.2) is 0 Å². The highest BCUT2D eigenvalue weighted by Crippen LogP contribution is 2.44. The Kier molecular flexibility index (Phi) is 5.19. The Morgan fingerprint density at radius 3 is 2.14 bits per heavy atom. The van der Waals surface area contributed by atoms with Gasteiger partial charge < -0.3 is 15.3 Å². The quantitative estimate of drug-likeness (QED) is 0.805. The van der Waals surface area contributed by atoms with Gasteiger partial charge in [-0.05, 0) is 51.0 Å². The smallest absolute Gasteiger partial charge is 0.253 e. The highest BCUT2D eigenvalue weighted by atomic mass is 16.3. The van der Waals surface area contributed by atoms with E-state index in [9.17, 15) is 14.7 Å². The average molecular weight is 304 g/mol. The van der Waals surface area contributed by atoms with Crippen molar-refractivity contribution in [3.8, 4) is 0 Å². The lowest BCUT2D eigenvalue weighted by Gasteiger charge is -2.18. The fourth-order valence-corrected chi connectivity index (χ4v) is 2.39. The zero-order chi connectivity index (χ0) is 16.2. The Morgan fingerprint density at radius 1 is 1.14 bits per heavy atom. The third-order valence-electron chi connectivity index (χ3n) is 4.36. The molecule has 120 valence electrons. The number of aliphatic hydroxyl groups excluding tert-OH is 1. The number of hydrogen-bond acceptors (Lipinski definition) is 3. The van der Waals surface area contributed by atoms with Crippen LogP contribution in [0.3, 0.4) is 0 Å². The molecule has 1 aromatic carbocycles. The number of benzene rings is 1. The summed E-state index contributed by atoms with van der Waals surface area (Å²) in [5.74, 6) is -0.185. The Bertz CT molecular complexity index is 531. The maximum Gasteiger partial charge on any atom is 0.253 e. The minimum Gasteiger partial charge on any atom is -0.396 e. The third kappa shape index (κ3) is 3.65. The molecule has 0 aromatic heterocycles. The molecule has 0 aliphatic heterocycles. The largest absolute Gasteiger partial charge is 0.396 e. The van der Waals surface area contributed by atoms with Crippen molar-refractivity contribution in [2.45, 2.75) is 26.7 Å². The maximum atomic E-state index is 12.2. The van der Waals surface area contributed by atoms with Gasteiger partial charge in [-0.25, -0.2) is 0 Å². The predicted octanol–water partition coefficient (Wildman–Crippen LogP) is 1.67. The van der Waals surface area contributed by atoms with Gasteiger partial charge in [0.2, 0.25) is 0 Å². The van der Waals surface area contributed by atoms with Gasteiger partial charge in [0, 0.05) is 36.2 Å². The van der Waals surface area contributed by atoms with E-state index < -0.39 is 0 Å². The first-order valence-corrected chi connectivity index (χ1v) is 7.83. The minimum absolute atomic E-state index is 0.0193. The summed E-state index contributed by atoms with van der Waals surface area (Å²) in [5.41, 5.74) is 1.02. The predicted molar refractivity (Wildman–Crippen MR) is 84.8 cm³/mol. The lowest BCUT2D eigenvalue weighted by molar-refractivity contribution is 0.0772. The summed E-state index contributed by atoms with van der Waals surface area (Å²) in [7, 11) is 0. The second-order valence-corrected chi connectivity index (χ2v) is 5.90. The molecule has 1 aromatic rings. The molecular formula is C17H24N2O3. The Labute approximate surface area is 131 Å². The molecule has 2 rings (SSSR count). The lowest BCUT2D eigenvalue weighted by atomic mass is 10.1. The molecule has 5 heteroatoms. The standard InChI is InChI=1S/C17H24N2O3/c1-3-19(4-2)16(22)14-7-5-13(6-8-14)15(21)18-11-17(12-20)9-10-17/h5-8,20H,3-4,9-12H2,1-2H3,(H,18,21). The van der Waals surface area contributed by atoms with Crippen LogP contribution < -0.4 is 5.32 Å². The van der Waals surface area contributed by atoms with Crippen molar-refractivity contribution in [1.29, 1.82) is 0 Å². The molecule has 2 amide bonds. The first-order chi connectivity index (χ1) is 10.5. The van der Waals surface area contributed by atoms with Crippen molar-refractivity contribution in [3.05, 3.63) is 35.4 Å². The van der Waals surface area contributed by atoms with Crippen molar-refractivity contribution in [2.75, 3.05) is 26.2 Å². The van der Waals surface area contributed by atoms with Gasteiger partial charge >= 0.3 is 0 Å².